The Kier molecular flexibility index (Phi) is 14.1. The summed E-state index contributed by atoms with van der Waals surface area (Å²) >= 11 is 0. The maximum absolute atomic E-state index is 12.2. The lowest BCUT2D eigenvalue weighted by Crippen LogP contribution is -2.20. The number of hydrogen-bond acceptors (Lipinski definition) is 7. The lowest BCUT2D eigenvalue weighted by Gasteiger charge is -2.32. The van der Waals surface area contributed by atoms with Crippen molar-refractivity contribution in [2.75, 3.05) is 13.2 Å². The van der Waals surface area contributed by atoms with Crippen LogP contribution in [0, 0.1) is 16.7 Å². The minimum absolute atomic E-state index is 0.104. The average Bonchev–Trinajstić information content (AvgIpc) is 3.07. The van der Waals surface area contributed by atoms with E-state index in [9.17, 15) is 25.3 Å². The van der Waals surface area contributed by atoms with E-state index in [2.05, 4.69) is 66.9 Å². The van der Waals surface area contributed by atoms with Crippen LogP contribution in [0.25, 0.3) is 0 Å². The second kappa shape index (κ2) is 18.0. The highest BCUT2D eigenvalue weighted by Gasteiger charge is 2.33. The topological polar surface area (TPSA) is 119 Å². The zero-order valence-electron chi connectivity index (χ0n) is 34.1. The second-order valence-corrected chi connectivity index (χ2v) is 17.5. The number of benzene rings is 2. The Morgan fingerprint density at radius 3 is 1.31 bits per heavy atom. The van der Waals surface area contributed by atoms with Gasteiger partial charge >= 0.3 is 5.09 Å². The van der Waals surface area contributed by atoms with Crippen LogP contribution in [0.3, 0.4) is 0 Å². The van der Waals surface area contributed by atoms with E-state index in [1.54, 1.807) is 24.3 Å². The molecule has 0 amide bonds. The Morgan fingerprint density at radius 2 is 1.00 bits per heavy atom. The Morgan fingerprint density at radius 1 is 0.667 bits per heavy atom. The molecule has 2 aliphatic carbocycles. The van der Waals surface area contributed by atoms with Crippen LogP contribution >= 0.6 is 0 Å². The maximum atomic E-state index is 12.2. The van der Waals surface area contributed by atoms with Gasteiger partial charge in [-0.05, 0) is 150 Å². The van der Waals surface area contributed by atoms with E-state index >= 15 is 0 Å². The molecule has 0 fully saturated rings. The summed E-state index contributed by atoms with van der Waals surface area (Å²) in [4.78, 5) is 22.7. The molecule has 0 unspecified atom stereocenters. The van der Waals surface area contributed by atoms with Crippen LogP contribution in [0.4, 0.5) is 0 Å². The molecule has 4 rings (SSSR count). The molecule has 8 nitrogen and oxygen atoms in total. The predicted molar refractivity (Wildman–Crippen MR) is 217 cm³/mol. The van der Waals surface area contributed by atoms with Gasteiger partial charge in [0.1, 0.15) is 27.9 Å². The van der Waals surface area contributed by atoms with E-state index in [1.807, 2.05) is 13.8 Å². The van der Waals surface area contributed by atoms with Crippen molar-refractivity contribution in [3.05, 3.63) is 99.0 Å². The fourth-order valence-corrected chi connectivity index (χ4v) is 8.46. The highest BCUT2D eigenvalue weighted by atomic mass is 17.0. The largest absolute Gasteiger partial charge is 0.507 e. The summed E-state index contributed by atoms with van der Waals surface area (Å²) in [6, 6.07) is 7.14. The third-order valence-electron chi connectivity index (χ3n) is 12.0. The summed E-state index contributed by atoms with van der Waals surface area (Å²) < 4.78 is 0. The fraction of sp³-hybridized carbons (Fsp3) is 0.565. The van der Waals surface area contributed by atoms with Crippen LogP contribution in [0.5, 0.6) is 23.0 Å². The Labute approximate surface area is 323 Å². The third-order valence-corrected chi connectivity index (χ3v) is 12.0. The van der Waals surface area contributed by atoms with Crippen LogP contribution < -0.4 is 0 Å². The van der Waals surface area contributed by atoms with Gasteiger partial charge in [0.15, 0.2) is 13.2 Å². The van der Waals surface area contributed by atoms with Crippen LogP contribution in [-0.2, 0) is 20.5 Å². The first-order valence-corrected chi connectivity index (χ1v) is 19.8. The molecule has 0 saturated carbocycles. The summed E-state index contributed by atoms with van der Waals surface area (Å²) in [5.74, 6) is 0.577. The normalized spacial score (nSPS) is 20.5. The molecule has 4 atom stereocenters. The van der Waals surface area contributed by atoms with Gasteiger partial charge in [-0.2, -0.15) is 9.68 Å². The van der Waals surface area contributed by atoms with E-state index in [1.165, 1.54) is 11.1 Å². The van der Waals surface area contributed by atoms with E-state index in [0.29, 0.717) is 24.0 Å². The van der Waals surface area contributed by atoms with Gasteiger partial charge in [0.2, 0.25) is 0 Å². The van der Waals surface area contributed by atoms with Gasteiger partial charge in [0.05, 0.1) is 0 Å². The van der Waals surface area contributed by atoms with E-state index in [4.69, 9.17) is 9.68 Å². The molecule has 2 aromatic carbocycles. The average molecular weight is 745 g/mol. The van der Waals surface area contributed by atoms with Crippen molar-refractivity contribution < 1.29 is 35.2 Å². The van der Waals surface area contributed by atoms with Gasteiger partial charge in [0.25, 0.3) is 0 Å². The van der Waals surface area contributed by atoms with Crippen molar-refractivity contribution in [3.8, 4) is 23.0 Å². The molecule has 0 spiro atoms. The zero-order valence-corrected chi connectivity index (χ0v) is 34.1. The molecule has 0 aliphatic heterocycles. The standard InChI is InChI=1S/C46H65NO7/c1-29(2)35-17-15-31(5)23-37(35)43-39(48)25-33(26-40(43)49)45(7,8)19-11-13-21-53-47(52)54-22-14-12-20-46(9,10)34-27-41(50)44(42(51)28-34)38-24-32(6)16-18-36(38)30(3)4/h23-28,35-38H,1,3,11-22H2,2,4-10H3,(H3-,48,49,50,51)/p+1/t35-,36-,37+,38+/m0/s1. The number of phenols is 4. The zero-order chi connectivity index (χ0) is 40.0. The number of rotatable bonds is 18. The molecule has 2 aliphatic rings. The number of allylic oxidation sites excluding steroid dienone is 6. The van der Waals surface area contributed by atoms with Gasteiger partial charge in [-0.3, -0.25) is 0 Å². The molecular weight excluding hydrogens is 679 g/mol. The Balaban J connectivity index is 1.19. The Bertz CT molecular complexity index is 1580. The molecule has 296 valence electrons. The van der Waals surface area contributed by atoms with Gasteiger partial charge in [0, 0.05) is 23.0 Å². The van der Waals surface area contributed by atoms with Crippen LogP contribution in [0.1, 0.15) is 154 Å². The molecule has 0 aromatic heterocycles. The van der Waals surface area contributed by atoms with Crippen LogP contribution in [0.15, 0.2) is 71.9 Å². The number of hydrogen-bond donors (Lipinski definition) is 4. The quantitative estimate of drug-likeness (QED) is 0.0681. The molecule has 0 radical (unpaired) electrons. The summed E-state index contributed by atoms with van der Waals surface area (Å²) in [5.41, 5.74) is 6.84. The molecule has 54 heavy (non-hydrogen) atoms. The first-order chi connectivity index (χ1) is 25.3. The number of aromatic hydroxyl groups is 4. The van der Waals surface area contributed by atoms with Crippen molar-refractivity contribution in [2.45, 2.75) is 142 Å². The molecule has 0 saturated heterocycles. The van der Waals surface area contributed by atoms with Crippen molar-refractivity contribution in [1.29, 1.82) is 0 Å². The second-order valence-electron chi connectivity index (χ2n) is 17.5. The first kappa shape index (κ1) is 42.5. The summed E-state index contributed by atoms with van der Waals surface area (Å²) in [5, 5.41) is 44.7. The smallest absolute Gasteiger partial charge is 0.477 e. The summed E-state index contributed by atoms with van der Waals surface area (Å²) in [7, 11) is 0. The monoisotopic (exact) mass is 744 g/mol. The van der Waals surface area contributed by atoms with E-state index in [-0.39, 0.29) is 75.8 Å². The molecule has 0 bridgehead atoms. The lowest BCUT2D eigenvalue weighted by molar-refractivity contribution is -0.981. The van der Waals surface area contributed by atoms with Gasteiger partial charge in [-0.25, -0.2) is 0 Å². The predicted octanol–water partition coefficient (Wildman–Crippen LogP) is 11.8. The number of phenolic OH excluding ortho intramolecular Hbond substituents is 4. The number of unbranched alkanes of at least 4 members (excludes halogenated alkanes) is 2. The fourth-order valence-electron chi connectivity index (χ4n) is 8.46. The van der Waals surface area contributed by atoms with Gasteiger partial charge < -0.3 is 20.4 Å². The third kappa shape index (κ3) is 10.5. The highest BCUT2D eigenvalue weighted by Crippen LogP contribution is 2.49. The highest BCUT2D eigenvalue weighted by molar-refractivity contribution is 5.54. The molecular formula is C46H66NO7+. The minimum Gasteiger partial charge on any atom is -0.507 e. The van der Waals surface area contributed by atoms with Crippen molar-refractivity contribution in [1.82, 2.24) is 0 Å². The van der Waals surface area contributed by atoms with Crippen molar-refractivity contribution in [2.24, 2.45) is 11.8 Å². The molecule has 4 N–H and O–H groups in total. The van der Waals surface area contributed by atoms with Crippen LogP contribution in [-0.4, -0.2) is 38.7 Å². The van der Waals surface area contributed by atoms with E-state index < -0.39 is 0 Å². The van der Waals surface area contributed by atoms with Crippen molar-refractivity contribution >= 4 is 0 Å². The van der Waals surface area contributed by atoms with Crippen LogP contribution in [0.2, 0.25) is 0 Å². The molecule has 0 heterocycles. The lowest BCUT2D eigenvalue weighted by atomic mass is 9.72. The molecule has 2 aromatic rings. The summed E-state index contributed by atoms with van der Waals surface area (Å²) in [6.07, 6.45) is 12.6. The van der Waals surface area contributed by atoms with Gasteiger partial charge in [-0.15, -0.1) is 0 Å². The van der Waals surface area contributed by atoms with E-state index in [0.717, 1.165) is 73.6 Å². The molecule has 8 heteroatoms. The Hall–Kier alpha value is -4.20. The number of nitrogens with zero attached hydrogens (tertiary/aromatic N) is 1. The van der Waals surface area contributed by atoms with Crippen molar-refractivity contribution in [3.63, 3.8) is 0 Å². The SMILES string of the molecule is C=C(C)[C@@H]1CCC(C)=C[C@H]1c1c(O)cc(C(C)(C)CCCCO[N+](=O)OCCCCC(C)(C)c2cc(O)c([C@@H]3C=C(C)CC[C@H]3C(=C)C)c(O)c2)cc1O. The maximum Gasteiger partial charge on any atom is 0.477 e. The first-order valence-electron chi connectivity index (χ1n) is 19.8. The summed E-state index contributed by atoms with van der Waals surface area (Å²) in [6.45, 7) is 25.3. The van der Waals surface area contributed by atoms with Gasteiger partial charge in [-0.1, -0.05) is 75.3 Å². The minimum atomic E-state index is -0.319.